The summed E-state index contributed by atoms with van der Waals surface area (Å²) in [6.07, 6.45) is 1.63. The largest absolute Gasteiger partial charge is 0.508 e. The van der Waals surface area contributed by atoms with Gasteiger partial charge in [-0.2, -0.15) is 0 Å². The van der Waals surface area contributed by atoms with Crippen molar-refractivity contribution in [2.45, 2.75) is 0 Å². The van der Waals surface area contributed by atoms with Crippen molar-refractivity contribution >= 4 is 11.9 Å². The molecule has 0 radical (unpaired) electrons. The van der Waals surface area contributed by atoms with E-state index in [4.69, 9.17) is 25.2 Å². The number of carboxylic acid groups (broad SMARTS) is 2. The van der Waals surface area contributed by atoms with Crippen LogP contribution >= 0.6 is 0 Å². The van der Waals surface area contributed by atoms with Crippen molar-refractivity contribution in [3.63, 3.8) is 0 Å². The van der Waals surface area contributed by atoms with Gasteiger partial charge >= 0.3 is 11.9 Å². The Morgan fingerprint density at radius 1 is 0.774 bits per heavy atom. The molecule has 4 N–H and O–H groups in total. The summed E-state index contributed by atoms with van der Waals surface area (Å²) in [6.45, 7) is 3.93. The lowest BCUT2D eigenvalue weighted by atomic mass is 10.2. The highest BCUT2D eigenvalue weighted by molar-refractivity contribution is 5.87. The highest BCUT2D eigenvalue weighted by atomic mass is 19.1. The van der Waals surface area contributed by atoms with Gasteiger partial charge in [0.1, 0.15) is 29.7 Å². The Morgan fingerprint density at radius 2 is 1.16 bits per heavy atom. The number of benzene rings is 3. The minimum absolute atomic E-state index is 0.0985. The van der Waals surface area contributed by atoms with E-state index >= 15 is 0 Å². The average molecular weight is 428 g/mol. The maximum Gasteiger partial charge on any atom is 0.335 e. The van der Waals surface area contributed by atoms with Crippen molar-refractivity contribution in [3.8, 4) is 17.2 Å². The summed E-state index contributed by atoms with van der Waals surface area (Å²) < 4.78 is 17.3. The van der Waals surface area contributed by atoms with Crippen molar-refractivity contribution in [3.05, 3.63) is 102 Å². The van der Waals surface area contributed by atoms with Crippen LogP contribution in [0.2, 0.25) is 0 Å². The molecule has 0 saturated carbocycles. The number of aromatic carboxylic acids is 2. The number of phenols is 2. The molecule has 31 heavy (non-hydrogen) atoms. The smallest absolute Gasteiger partial charge is 0.335 e. The first-order valence-corrected chi connectivity index (χ1v) is 8.77. The van der Waals surface area contributed by atoms with E-state index < -0.39 is 17.8 Å². The Bertz CT molecular complexity index is 945. The standard InChI is InChI=1S/C10H10O3.C7H5FO2.C6H6O2/c1-2-7-13-9-5-3-8(4-6-9)10(11)12;8-6-3-1-5(2-4-6)7(9)10;7-5-1-2-6(8)4-3-5/h2-6H,1,7H2,(H,11,12);1-4H,(H,9,10);1-4,7-8H. The van der Waals surface area contributed by atoms with E-state index in [0.29, 0.717) is 12.4 Å². The molecule has 0 atom stereocenters. The predicted octanol–water partition coefficient (Wildman–Crippen LogP) is 4.57. The molecule has 0 aliphatic heterocycles. The quantitative estimate of drug-likeness (QED) is 0.347. The number of ether oxygens (including phenoxy) is 1. The fourth-order valence-corrected chi connectivity index (χ4v) is 1.89. The van der Waals surface area contributed by atoms with Crippen molar-refractivity contribution in [1.82, 2.24) is 0 Å². The van der Waals surface area contributed by atoms with Crippen LogP contribution in [-0.2, 0) is 0 Å². The van der Waals surface area contributed by atoms with Gasteiger partial charge in [-0.05, 0) is 72.8 Å². The normalized spacial score (nSPS) is 9.19. The monoisotopic (exact) mass is 428 g/mol. The van der Waals surface area contributed by atoms with Gasteiger partial charge in [0.25, 0.3) is 0 Å². The van der Waals surface area contributed by atoms with Gasteiger partial charge in [-0.3, -0.25) is 0 Å². The second-order valence-electron chi connectivity index (χ2n) is 5.76. The zero-order valence-electron chi connectivity index (χ0n) is 16.3. The third-order valence-corrected chi connectivity index (χ3v) is 3.41. The zero-order valence-corrected chi connectivity index (χ0v) is 16.3. The van der Waals surface area contributed by atoms with Crippen molar-refractivity contribution in [2.75, 3.05) is 6.61 Å². The lowest BCUT2D eigenvalue weighted by molar-refractivity contribution is 0.0686. The van der Waals surface area contributed by atoms with Crippen molar-refractivity contribution < 1.29 is 39.1 Å². The second kappa shape index (κ2) is 13.0. The third kappa shape index (κ3) is 10.1. The summed E-state index contributed by atoms with van der Waals surface area (Å²) in [5, 5.41) is 34.2. The molecule has 3 rings (SSSR count). The highest BCUT2D eigenvalue weighted by Gasteiger charge is 2.01. The molecule has 162 valence electrons. The van der Waals surface area contributed by atoms with E-state index in [0.717, 1.165) is 12.1 Å². The Kier molecular flexibility index (Phi) is 10.4. The van der Waals surface area contributed by atoms with Crippen molar-refractivity contribution in [1.29, 1.82) is 0 Å². The molecule has 0 aromatic heterocycles. The summed E-state index contributed by atoms with van der Waals surface area (Å²) in [4.78, 5) is 20.7. The van der Waals surface area contributed by atoms with Crippen molar-refractivity contribution in [2.24, 2.45) is 0 Å². The average Bonchev–Trinajstić information content (AvgIpc) is 2.76. The van der Waals surface area contributed by atoms with E-state index in [9.17, 15) is 14.0 Å². The van der Waals surface area contributed by atoms with Crippen LogP contribution in [-0.4, -0.2) is 39.0 Å². The van der Waals surface area contributed by atoms with Gasteiger partial charge in [-0.1, -0.05) is 12.7 Å². The first-order valence-electron chi connectivity index (χ1n) is 8.77. The van der Waals surface area contributed by atoms with E-state index in [1.165, 1.54) is 48.5 Å². The molecule has 7 nitrogen and oxygen atoms in total. The first kappa shape index (κ1) is 24.7. The van der Waals surface area contributed by atoms with Crippen LogP contribution in [0.25, 0.3) is 0 Å². The highest BCUT2D eigenvalue weighted by Crippen LogP contribution is 2.13. The van der Waals surface area contributed by atoms with Gasteiger partial charge in [0.2, 0.25) is 0 Å². The van der Waals surface area contributed by atoms with Gasteiger partial charge in [0.15, 0.2) is 0 Å². The summed E-state index contributed by atoms with van der Waals surface area (Å²) in [5.41, 5.74) is 0.354. The molecule has 0 spiro atoms. The topological polar surface area (TPSA) is 124 Å². The molecule has 8 heteroatoms. The molecule has 0 heterocycles. The van der Waals surface area contributed by atoms with Crippen LogP contribution in [0, 0.1) is 5.82 Å². The number of halogens is 1. The van der Waals surface area contributed by atoms with E-state index in [2.05, 4.69) is 6.58 Å². The van der Waals surface area contributed by atoms with Crippen LogP contribution in [0.1, 0.15) is 20.7 Å². The maximum absolute atomic E-state index is 12.2. The van der Waals surface area contributed by atoms with Crippen LogP contribution < -0.4 is 4.74 Å². The van der Waals surface area contributed by atoms with E-state index in [1.54, 1.807) is 18.2 Å². The van der Waals surface area contributed by atoms with Crippen LogP contribution in [0.3, 0.4) is 0 Å². The van der Waals surface area contributed by atoms with Crippen LogP contribution in [0.5, 0.6) is 17.2 Å². The fourth-order valence-electron chi connectivity index (χ4n) is 1.89. The van der Waals surface area contributed by atoms with Crippen LogP contribution in [0.4, 0.5) is 4.39 Å². The van der Waals surface area contributed by atoms with Crippen LogP contribution in [0.15, 0.2) is 85.5 Å². The molecule has 0 saturated heterocycles. The fraction of sp³-hybridized carbons (Fsp3) is 0.0435. The Hall–Kier alpha value is -4.33. The number of hydrogen-bond donors (Lipinski definition) is 4. The molecular formula is C23H21FO7. The number of carboxylic acids is 2. The summed E-state index contributed by atoms with van der Waals surface area (Å²) in [7, 11) is 0. The molecule has 0 amide bonds. The summed E-state index contributed by atoms with van der Waals surface area (Å²) >= 11 is 0. The lowest BCUT2D eigenvalue weighted by Gasteiger charge is -2.02. The SMILES string of the molecule is C=CCOc1ccc(C(=O)O)cc1.O=C(O)c1ccc(F)cc1.Oc1ccc(O)cc1. The lowest BCUT2D eigenvalue weighted by Crippen LogP contribution is -1.97. The molecule has 0 aliphatic rings. The molecule has 0 unspecified atom stereocenters. The summed E-state index contributed by atoms with van der Waals surface area (Å²) in [6, 6.07) is 16.6. The van der Waals surface area contributed by atoms with Gasteiger partial charge < -0.3 is 25.2 Å². The number of hydrogen-bond acceptors (Lipinski definition) is 5. The zero-order chi connectivity index (χ0) is 23.2. The van der Waals surface area contributed by atoms with E-state index in [-0.39, 0.29) is 22.6 Å². The molecular weight excluding hydrogens is 407 g/mol. The third-order valence-electron chi connectivity index (χ3n) is 3.41. The molecule has 0 aliphatic carbocycles. The van der Waals surface area contributed by atoms with Gasteiger partial charge in [0.05, 0.1) is 11.1 Å². The van der Waals surface area contributed by atoms with Gasteiger partial charge in [-0.25, -0.2) is 14.0 Å². The van der Waals surface area contributed by atoms with E-state index in [1.807, 2.05) is 0 Å². The summed E-state index contributed by atoms with van der Waals surface area (Å²) in [5.74, 6) is -1.42. The van der Waals surface area contributed by atoms with Gasteiger partial charge in [0, 0.05) is 0 Å². The second-order valence-corrected chi connectivity index (χ2v) is 5.76. The molecule has 3 aromatic carbocycles. The Labute approximate surface area is 177 Å². The Balaban J connectivity index is 0.000000240. The number of aromatic hydroxyl groups is 2. The number of rotatable bonds is 5. The Morgan fingerprint density at radius 3 is 1.52 bits per heavy atom. The molecule has 3 aromatic rings. The minimum Gasteiger partial charge on any atom is -0.508 e. The number of carbonyl (C=O) groups is 2. The first-order chi connectivity index (χ1) is 14.7. The minimum atomic E-state index is -1.04. The predicted molar refractivity (Wildman–Crippen MR) is 112 cm³/mol. The molecule has 0 bridgehead atoms. The maximum atomic E-state index is 12.2. The number of phenolic OH excluding ortho intramolecular Hbond substituents is 2. The van der Waals surface area contributed by atoms with Gasteiger partial charge in [-0.15, -0.1) is 0 Å². The molecule has 0 fully saturated rings.